The van der Waals surface area contributed by atoms with Gasteiger partial charge >= 0.3 is 0 Å². The molecule has 0 bridgehead atoms. The zero-order chi connectivity index (χ0) is 16.1. The Bertz CT molecular complexity index is 686. The number of aromatic carboxylic acids is 1. The van der Waals surface area contributed by atoms with E-state index in [-0.39, 0.29) is 23.1 Å². The lowest BCUT2D eigenvalue weighted by molar-refractivity contribution is -0.254. The van der Waals surface area contributed by atoms with Gasteiger partial charge in [-0.25, -0.2) is 0 Å². The average molecular weight is 361 g/mol. The molecule has 0 aliphatic heterocycles. The summed E-state index contributed by atoms with van der Waals surface area (Å²) in [7, 11) is 0. The lowest BCUT2D eigenvalue weighted by Gasteiger charge is -2.18. The zero-order valence-electron chi connectivity index (χ0n) is 12.0. The topological polar surface area (TPSA) is 69.2 Å². The predicted octanol–water partition coefficient (Wildman–Crippen LogP) is 2.94. The van der Waals surface area contributed by atoms with Gasteiger partial charge in [0, 0.05) is 15.7 Å². The Morgan fingerprint density at radius 2 is 1.86 bits per heavy atom. The zero-order valence-corrected chi connectivity index (χ0v) is 13.6. The number of carboxylic acids is 1. The maximum Gasteiger partial charge on any atom is 0.231 e. The van der Waals surface area contributed by atoms with Crippen molar-refractivity contribution in [1.29, 1.82) is 0 Å². The highest BCUT2D eigenvalue weighted by Gasteiger charge is 2.19. The number of amides is 1. The minimum Gasteiger partial charge on any atom is -0.545 e. The highest BCUT2D eigenvalue weighted by atomic mass is 79.9. The van der Waals surface area contributed by atoms with Crippen LogP contribution in [0, 0.1) is 0 Å². The van der Waals surface area contributed by atoms with E-state index in [0.717, 1.165) is 5.56 Å². The summed E-state index contributed by atoms with van der Waals surface area (Å²) in [5.74, 6) is -1.90. The Hall–Kier alpha value is -2.14. The number of benzene rings is 2. The number of anilines is 1. The van der Waals surface area contributed by atoms with Gasteiger partial charge in [-0.3, -0.25) is 4.79 Å². The van der Waals surface area contributed by atoms with E-state index in [2.05, 4.69) is 21.2 Å². The molecule has 0 saturated carbocycles. The summed E-state index contributed by atoms with van der Waals surface area (Å²) in [5.41, 5.74) is 1.09. The molecule has 22 heavy (non-hydrogen) atoms. The minimum atomic E-state index is -1.33. The monoisotopic (exact) mass is 360 g/mol. The summed E-state index contributed by atoms with van der Waals surface area (Å²) in [6.07, 6.45) is 0.618. The van der Waals surface area contributed by atoms with Crippen molar-refractivity contribution in [1.82, 2.24) is 0 Å². The van der Waals surface area contributed by atoms with Crippen molar-refractivity contribution in [2.24, 2.45) is 0 Å². The molecule has 2 aromatic carbocycles. The van der Waals surface area contributed by atoms with Crippen molar-refractivity contribution in [2.45, 2.75) is 19.3 Å². The van der Waals surface area contributed by atoms with E-state index in [1.165, 1.54) is 6.07 Å². The van der Waals surface area contributed by atoms with Gasteiger partial charge < -0.3 is 15.2 Å². The summed E-state index contributed by atoms with van der Waals surface area (Å²) in [5, 5.41) is 13.9. The van der Waals surface area contributed by atoms with Crippen molar-refractivity contribution in [3.63, 3.8) is 0 Å². The Kier molecular flexibility index (Phi) is 5.33. The molecule has 0 aromatic heterocycles. The molecule has 2 rings (SSSR count). The van der Waals surface area contributed by atoms with Crippen molar-refractivity contribution in [2.75, 3.05) is 5.32 Å². The van der Waals surface area contributed by atoms with Crippen LogP contribution in [0.3, 0.4) is 0 Å². The largest absolute Gasteiger partial charge is 0.545 e. The second-order valence-corrected chi connectivity index (χ2v) is 5.75. The second kappa shape index (κ2) is 7.22. The maximum atomic E-state index is 12.5. The number of rotatable bonds is 5. The normalized spacial score (nSPS) is 11.7. The maximum absolute atomic E-state index is 12.5. The van der Waals surface area contributed by atoms with Gasteiger partial charge in [0.05, 0.1) is 11.9 Å². The lowest BCUT2D eigenvalue weighted by atomic mass is 9.95. The van der Waals surface area contributed by atoms with Gasteiger partial charge in [0.15, 0.2) is 0 Å². The van der Waals surface area contributed by atoms with Crippen LogP contribution in [0.5, 0.6) is 0 Å². The molecule has 114 valence electrons. The fourth-order valence-electron chi connectivity index (χ4n) is 2.27. The van der Waals surface area contributed by atoms with Gasteiger partial charge in [-0.15, -0.1) is 0 Å². The number of hydrogen-bond acceptors (Lipinski definition) is 3. The highest BCUT2D eigenvalue weighted by molar-refractivity contribution is 9.10. The van der Waals surface area contributed by atoms with Crippen LogP contribution >= 0.6 is 15.9 Å². The molecule has 0 heterocycles. The predicted molar refractivity (Wildman–Crippen MR) is 86.6 cm³/mol. The third-order valence-electron chi connectivity index (χ3n) is 3.39. The number of nitrogens with one attached hydrogen (secondary N) is 1. The molecule has 4 nitrogen and oxygen atoms in total. The third-order valence-corrected chi connectivity index (χ3v) is 3.88. The first-order valence-electron chi connectivity index (χ1n) is 6.89. The summed E-state index contributed by atoms with van der Waals surface area (Å²) < 4.78 is 0.611. The van der Waals surface area contributed by atoms with Crippen LogP contribution < -0.4 is 10.4 Å². The number of halogens is 1. The fourth-order valence-corrected chi connectivity index (χ4v) is 2.63. The fraction of sp³-hybridized carbons (Fsp3) is 0.176. The first kappa shape index (κ1) is 16.2. The Morgan fingerprint density at radius 1 is 1.18 bits per heavy atom. The molecule has 0 saturated heterocycles. The minimum absolute atomic E-state index is 0.0503. The van der Waals surface area contributed by atoms with Crippen LogP contribution in [-0.4, -0.2) is 11.9 Å². The van der Waals surface area contributed by atoms with E-state index in [0.29, 0.717) is 10.9 Å². The number of carbonyl (C=O) groups is 2. The van der Waals surface area contributed by atoms with Crippen LogP contribution in [0.1, 0.15) is 35.2 Å². The SMILES string of the molecule is CC[C@H](C(=O)Nc1ccc(Br)cc1C(=O)[O-])c1ccccc1. The standard InChI is InChI=1S/C17H16BrNO3/c1-2-13(11-6-4-3-5-7-11)16(20)19-15-9-8-12(18)10-14(15)17(21)22/h3-10,13H,2H2,1H3,(H,19,20)(H,21,22)/p-1/t13-/m0/s1. The van der Waals surface area contributed by atoms with Gasteiger partial charge in [0.25, 0.3) is 0 Å². The van der Waals surface area contributed by atoms with Crippen molar-refractivity contribution in [3.05, 3.63) is 64.1 Å². The average Bonchev–Trinajstić information content (AvgIpc) is 2.50. The van der Waals surface area contributed by atoms with Gasteiger partial charge in [-0.05, 0) is 30.2 Å². The second-order valence-electron chi connectivity index (χ2n) is 4.84. The quantitative estimate of drug-likeness (QED) is 0.890. The van der Waals surface area contributed by atoms with Crippen LogP contribution in [0.15, 0.2) is 53.0 Å². The van der Waals surface area contributed by atoms with E-state index in [9.17, 15) is 14.7 Å². The molecule has 1 atom stereocenters. The van der Waals surface area contributed by atoms with E-state index < -0.39 is 5.97 Å². The van der Waals surface area contributed by atoms with Gasteiger partial charge in [-0.2, -0.15) is 0 Å². The Balaban J connectivity index is 2.26. The molecule has 0 aliphatic carbocycles. The molecule has 5 heteroatoms. The number of carboxylic acid groups (broad SMARTS) is 1. The Labute approximate surface area is 137 Å². The van der Waals surface area contributed by atoms with E-state index in [1.54, 1.807) is 12.1 Å². The summed E-state index contributed by atoms with van der Waals surface area (Å²) in [4.78, 5) is 23.6. The molecule has 0 radical (unpaired) electrons. The van der Waals surface area contributed by atoms with E-state index in [1.807, 2.05) is 37.3 Å². The van der Waals surface area contributed by atoms with Crippen LogP contribution in [0.2, 0.25) is 0 Å². The van der Waals surface area contributed by atoms with Gasteiger partial charge in [-0.1, -0.05) is 53.2 Å². The molecule has 0 aliphatic rings. The highest BCUT2D eigenvalue weighted by Crippen LogP contribution is 2.25. The number of carbonyl (C=O) groups excluding carboxylic acids is 2. The smallest absolute Gasteiger partial charge is 0.231 e. The molecular formula is C17H15BrNO3-. The molecule has 2 aromatic rings. The molecule has 0 unspecified atom stereocenters. The van der Waals surface area contributed by atoms with Crippen molar-refractivity contribution in [3.8, 4) is 0 Å². The molecule has 1 N–H and O–H groups in total. The molecular weight excluding hydrogens is 346 g/mol. The first-order chi connectivity index (χ1) is 10.5. The molecule has 0 spiro atoms. The number of hydrogen-bond donors (Lipinski definition) is 1. The van der Waals surface area contributed by atoms with Crippen molar-refractivity contribution < 1.29 is 14.7 Å². The van der Waals surface area contributed by atoms with Gasteiger partial charge in [0.1, 0.15) is 0 Å². The van der Waals surface area contributed by atoms with Gasteiger partial charge in [0.2, 0.25) is 5.91 Å². The van der Waals surface area contributed by atoms with Crippen LogP contribution in [-0.2, 0) is 4.79 Å². The van der Waals surface area contributed by atoms with Crippen LogP contribution in [0.4, 0.5) is 5.69 Å². The van der Waals surface area contributed by atoms with E-state index in [4.69, 9.17) is 0 Å². The van der Waals surface area contributed by atoms with E-state index >= 15 is 0 Å². The molecule has 0 fully saturated rings. The Morgan fingerprint density at radius 3 is 2.45 bits per heavy atom. The first-order valence-corrected chi connectivity index (χ1v) is 7.69. The summed E-state index contributed by atoms with van der Waals surface area (Å²) in [6.45, 7) is 1.92. The summed E-state index contributed by atoms with van der Waals surface area (Å²) in [6, 6.07) is 14.0. The van der Waals surface area contributed by atoms with Crippen molar-refractivity contribution >= 4 is 33.5 Å². The third kappa shape index (κ3) is 3.74. The molecule has 1 amide bonds. The lowest BCUT2D eigenvalue weighted by Crippen LogP contribution is -2.26. The summed E-state index contributed by atoms with van der Waals surface area (Å²) >= 11 is 3.21. The van der Waals surface area contributed by atoms with Crippen LogP contribution in [0.25, 0.3) is 0 Å².